The monoisotopic (exact) mass is 340 g/mol. The van der Waals surface area contributed by atoms with Gasteiger partial charge in [0.05, 0.1) is 25.6 Å². The Labute approximate surface area is 150 Å². The summed E-state index contributed by atoms with van der Waals surface area (Å²) in [5.41, 5.74) is 6.16. The number of anilines is 1. The van der Waals surface area contributed by atoms with Crippen LogP contribution in [-0.4, -0.2) is 19.9 Å². The minimum atomic E-state index is 0.721. The molecule has 0 spiro atoms. The molecule has 2 aromatic rings. The van der Waals surface area contributed by atoms with E-state index in [2.05, 4.69) is 24.4 Å². The van der Waals surface area contributed by atoms with E-state index in [1.165, 1.54) is 24.8 Å². The molecule has 0 radical (unpaired) electrons. The molecule has 0 amide bonds. The molecule has 134 valence electrons. The fraction of sp³-hybridized carbons (Fsp3) is 0.381. The Balaban J connectivity index is 1.90. The van der Waals surface area contributed by atoms with E-state index in [9.17, 15) is 0 Å². The molecular formula is C21H28N2O2. The number of hydrogen-bond acceptors (Lipinski definition) is 4. The second-order valence-corrected chi connectivity index (χ2v) is 6.06. The second kappa shape index (κ2) is 10.4. The molecule has 0 heterocycles. The van der Waals surface area contributed by atoms with Crippen molar-refractivity contribution in [1.29, 1.82) is 0 Å². The van der Waals surface area contributed by atoms with Crippen molar-refractivity contribution in [2.75, 3.05) is 19.1 Å². The summed E-state index contributed by atoms with van der Waals surface area (Å²) in [5.74, 6) is 1.51. The van der Waals surface area contributed by atoms with Crippen molar-refractivity contribution >= 4 is 11.9 Å². The van der Waals surface area contributed by atoms with E-state index in [0.717, 1.165) is 35.8 Å². The average Bonchev–Trinajstić information content (AvgIpc) is 2.64. The Morgan fingerprint density at radius 1 is 1.00 bits per heavy atom. The first-order valence-electron chi connectivity index (χ1n) is 8.89. The molecule has 2 aromatic carbocycles. The SMILES string of the molecule is CCCCCCOc1ccc(/C=N/Nc2ccc(C)cc2)cc1OC. The summed E-state index contributed by atoms with van der Waals surface area (Å²) in [4.78, 5) is 0. The highest BCUT2D eigenvalue weighted by atomic mass is 16.5. The van der Waals surface area contributed by atoms with E-state index in [0.29, 0.717) is 0 Å². The molecular weight excluding hydrogens is 312 g/mol. The molecule has 0 atom stereocenters. The number of aryl methyl sites for hydroxylation is 1. The van der Waals surface area contributed by atoms with Crippen LogP contribution in [0.2, 0.25) is 0 Å². The van der Waals surface area contributed by atoms with Crippen molar-refractivity contribution in [1.82, 2.24) is 0 Å². The van der Waals surface area contributed by atoms with Gasteiger partial charge in [-0.15, -0.1) is 0 Å². The predicted molar refractivity (Wildman–Crippen MR) is 105 cm³/mol. The number of benzene rings is 2. The van der Waals surface area contributed by atoms with Crippen molar-refractivity contribution < 1.29 is 9.47 Å². The van der Waals surface area contributed by atoms with Crippen LogP contribution in [0.1, 0.15) is 43.7 Å². The lowest BCUT2D eigenvalue weighted by molar-refractivity contribution is 0.285. The third kappa shape index (κ3) is 6.49. The molecule has 4 heteroatoms. The molecule has 0 fully saturated rings. The molecule has 0 unspecified atom stereocenters. The van der Waals surface area contributed by atoms with Gasteiger partial charge in [-0.2, -0.15) is 5.10 Å². The van der Waals surface area contributed by atoms with Crippen LogP contribution in [0, 0.1) is 6.92 Å². The summed E-state index contributed by atoms with van der Waals surface area (Å²) in [6.07, 6.45) is 6.53. The number of methoxy groups -OCH3 is 1. The van der Waals surface area contributed by atoms with Crippen molar-refractivity contribution in [3.8, 4) is 11.5 Å². The fourth-order valence-electron chi connectivity index (χ4n) is 2.40. The summed E-state index contributed by atoms with van der Waals surface area (Å²) in [6, 6.07) is 13.9. The van der Waals surface area contributed by atoms with Gasteiger partial charge in [-0.3, -0.25) is 5.43 Å². The second-order valence-electron chi connectivity index (χ2n) is 6.06. The number of ether oxygens (including phenoxy) is 2. The molecule has 25 heavy (non-hydrogen) atoms. The molecule has 1 N–H and O–H groups in total. The quantitative estimate of drug-likeness (QED) is 0.357. The van der Waals surface area contributed by atoms with Gasteiger partial charge in [-0.25, -0.2) is 0 Å². The van der Waals surface area contributed by atoms with Crippen LogP contribution in [0.4, 0.5) is 5.69 Å². The maximum absolute atomic E-state index is 5.83. The zero-order valence-corrected chi connectivity index (χ0v) is 15.4. The van der Waals surface area contributed by atoms with Crippen molar-refractivity contribution in [3.05, 3.63) is 53.6 Å². The molecule has 0 aliphatic heterocycles. The number of hydrogen-bond donors (Lipinski definition) is 1. The smallest absolute Gasteiger partial charge is 0.161 e. The Hall–Kier alpha value is -2.49. The fourth-order valence-corrected chi connectivity index (χ4v) is 2.40. The van der Waals surface area contributed by atoms with Crippen LogP contribution < -0.4 is 14.9 Å². The topological polar surface area (TPSA) is 42.8 Å². The largest absolute Gasteiger partial charge is 0.493 e. The highest BCUT2D eigenvalue weighted by molar-refractivity contribution is 5.81. The summed E-state index contributed by atoms with van der Waals surface area (Å²) >= 11 is 0. The van der Waals surface area contributed by atoms with Crippen molar-refractivity contribution in [2.45, 2.75) is 39.5 Å². The molecule has 0 aliphatic carbocycles. The van der Waals surface area contributed by atoms with E-state index in [1.807, 2.05) is 42.5 Å². The van der Waals surface area contributed by atoms with E-state index in [4.69, 9.17) is 9.47 Å². The number of rotatable bonds is 10. The van der Waals surface area contributed by atoms with Gasteiger partial charge in [-0.05, 0) is 49.2 Å². The van der Waals surface area contributed by atoms with E-state index in [-0.39, 0.29) is 0 Å². The molecule has 2 rings (SSSR count). The Morgan fingerprint density at radius 2 is 1.80 bits per heavy atom. The summed E-state index contributed by atoms with van der Waals surface area (Å²) in [5, 5.41) is 4.27. The summed E-state index contributed by atoms with van der Waals surface area (Å²) in [7, 11) is 1.66. The third-order valence-corrected chi connectivity index (χ3v) is 3.90. The highest BCUT2D eigenvalue weighted by Crippen LogP contribution is 2.27. The van der Waals surface area contributed by atoms with Gasteiger partial charge < -0.3 is 9.47 Å². The van der Waals surface area contributed by atoms with Gasteiger partial charge >= 0.3 is 0 Å². The first-order valence-corrected chi connectivity index (χ1v) is 8.89. The molecule has 0 saturated heterocycles. The zero-order chi connectivity index (χ0) is 17.9. The van der Waals surface area contributed by atoms with E-state index < -0.39 is 0 Å². The molecule has 4 nitrogen and oxygen atoms in total. The van der Waals surface area contributed by atoms with Crippen LogP contribution in [0.25, 0.3) is 0 Å². The van der Waals surface area contributed by atoms with Crippen LogP contribution in [-0.2, 0) is 0 Å². The third-order valence-electron chi connectivity index (χ3n) is 3.90. The van der Waals surface area contributed by atoms with Crippen LogP contribution in [0.15, 0.2) is 47.6 Å². The first-order chi connectivity index (χ1) is 12.2. The highest BCUT2D eigenvalue weighted by Gasteiger charge is 2.05. The average molecular weight is 340 g/mol. The van der Waals surface area contributed by atoms with Gasteiger partial charge in [-0.1, -0.05) is 43.9 Å². The molecule has 0 aliphatic rings. The lowest BCUT2D eigenvalue weighted by atomic mass is 10.2. The van der Waals surface area contributed by atoms with Crippen LogP contribution in [0.5, 0.6) is 11.5 Å². The van der Waals surface area contributed by atoms with Gasteiger partial charge in [0.2, 0.25) is 0 Å². The number of hydrazone groups is 1. The number of nitrogens with one attached hydrogen (secondary N) is 1. The normalized spacial score (nSPS) is 10.8. The number of nitrogens with zero attached hydrogens (tertiary/aromatic N) is 1. The molecule has 0 bridgehead atoms. The van der Waals surface area contributed by atoms with Crippen molar-refractivity contribution in [2.24, 2.45) is 5.10 Å². The van der Waals surface area contributed by atoms with Crippen LogP contribution >= 0.6 is 0 Å². The van der Waals surface area contributed by atoms with Gasteiger partial charge in [0.1, 0.15) is 0 Å². The first kappa shape index (κ1) is 18.8. The van der Waals surface area contributed by atoms with E-state index in [1.54, 1.807) is 13.3 Å². The lowest BCUT2D eigenvalue weighted by Crippen LogP contribution is -2.00. The van der Waals surface area contributed by atoms with Crippen molar-refractivity contribution in [3.63, 3.8) is 0 Å². The maximum Gasteiger partial charge on any atom is 0.161 e. The number of unbranched alkanes of at least 4 members (excludes halogenated alkanes) is 3. The maximum atomic E-state index is 5.83. The Bertz CT molecular complexity index is 666. The van der Waals surface area contributed by atoms with Crippen LogP contribution in [0.3, 0.4) is 0 Å². The molecule has 0 saturated carbocycles. The van der Waals surface area contributed by atoms with Gasteiger partial charge in [0.15, 0.2) is 11.5 Å². The Morgan fingerprint density at radius 3 is 2.52 bits per heavy atom. The van der Waals surface area contributed by atoms with Gasteiger partial charge in [0, 0.05) is 0 Å². The Kier molecular flexibility index (Phi) is 7.83. The minimum absolute atomic E-state index is 0.721. The molecule has 0 aromatic heterocycles. The summed E-state index contributed by atoms with van der Waals surface area (Å²) in [6.45, 7) is 4.99. The summed E-state index contributed by atoms with van der Waals surface area (Å²) < 4.78 is 11.3. The zero-order valence-electron chi connectivity index (χ0n) is 15.4. The predicted octanol–water partition coefficient (Wildman–Crippen LogP) is 5.41. The standard InChI is InChI=1S/C21H28N2O2/c1-4-5-6-7-14-25-20-13-10-18(15-21(20)24-3)16-22-23-19-11-8-17(2)9-12-19/h8-13,15-16,23H,4-7,14H2,1-3H3/b22-16+. The van der Waals surface area contributed by atoms with E-state index >= 15 is 0 Å². The minimum Gasteiger partial charge on any atom is -0.493 e. The lowest BCUT2D eigenvalue weighted by Gasteiger charge is -2.11. The van der Waals surface area contributed by atoms with Gasteiger partial charge in [0.25, 0.3) is 0 Å².